The van der Waals surface area contributed by atoms with Crippen molar-refractivity contribution in [2.24, 2.45) is 17.8 Å². The fraction of sp³-hybridized carbons (Fsp3) is 1.00. The van der Waals surface area contributed by atoms with Crippen molar-refractivity contribution in [3.05, 3.63) is 0 Å². The molecule has 2 fully saturated rings. The van der Waals surface area contributed by atoms with Crippen LogP contribution in [0.15, 0.2) is 0 Å². The van der Waals surface area contributed by atoms with Crippen LogP contribution in [0, 0.1) is 17.8 Å². The summed E-state index contributed by atoms with van der Waals surface area (Å²) in [5.74, 6) is 2.70. The molecule has 0 radical (unpaired) electrons. The molecule has 2 aliphatic heterocycles. The zero-order chi connectivity index (χ0) is 13.7. The summed E-state index contributed by atoms with van der Waals surface area (Å²) in [4.78, 5) is 5.03. The number of hydrogen-bond acceptors (Lipinski definition) is 3. The zero-order valence-corrected chi connectivity index (χ0v) is 13.2. The van der Waals surface area contributed by atoms with E-state index in [1.165, 1.54) is 65.0 Å². The Hall–Kier alpha value is -0.120. The molecule has 0 aromatic heterocycles. The van der Waals surface area contributed by atoms with E-state index >= 15 is 0 Å². The molecular formula is C16H33N3. The maximum atomic E-state index is 3.55. The summed E-state index contributed by atoms with van der Waals surface area (Å²) in [6.07, 6.45) is 5.57. The minimum atomic E-state index is 0.876. The molecule has 3 heteroatoms. The van der Waals surface area contributed by atoms with Crippen molar-refractivity contribution in [3.63, 3.8) is 0 Å². The molecule has 19 heavy (non-hydrogen) atoms. The first kappa shape index (κ1) is 15.3. The number of nitrogens with one attached hydrogen (secondary N) is 1. The summed E-state index contributed by atoms with van der Waals surface area (Å²) in [6.45, 7) is 10.1. The number of hydrogen-bond donors (Lipinski definition) is 1. The number of piperidine rings is 1. The quantitative estimate of drug-likeness (QED) is 0.793. The molecule has 2 rings (SSSR count). The molecular weight excluding hydrogens is 234 g/mol. The van der Waals surface area contributed by atoms with Crippen LogP contribution in [0.25, 0.3) is 0 Å². The van der Waals surface area contributed by atoms with Gasteiger partial charge in [-0.2, -0.15) is 0 Å². The minimum absolute atomic E-state index is 0.876. The lowest BCUT2D eigenvalue weighted by Gasteiger charge is -2.30. The lowest BCUT2D eigenvalue weighted by Crippen LogP contribution is -2.35. The van der Waals surface area contributed by atoms with Crippen LogP contribution in [0.5, 0.6) is 0 Å². The molecule has 2 saturated heterocycles. The minimum Gasteiger partial charge on any atom is -0.316 e. The lowest BCUT2D eigenvalue weighted by molar-refractivity contribution is 0.217. The van der Waals surface area contributed by atoms with Gasteiger partial charge in [-0.15, -0.1) is 0 Å². The molecule has 0 amide bonds. The third-order valence-corrected chi connectivity index (χ3v) is 5.16. The monoisotopic (exact) mass is 267 g/mol. The van der Waals surface area contributed by atoms with Crippen LogP contribution in [0.3, 0.4) is 0 Å². The number of nitrogens with zero attached hydrogens (tertiary/aromatic N) is 2. The molecule has 0 aromatic rings. The van der Waals surface area contributed by atoms with Gasteiger partial charge < -0.3 is 15.1 Å². The van der Waals surface area contributed by atoms with Gasteiger partial charge in [0.05, 0.1) is 0 Å². The second-order valence-electron chi connectivity index (χ2n) is 7.05. The van der Waals surface area contributed by atoms with E-state index in [4.69, 9.17) is 0 Å². The van der Waals surface area contributed by atoms with Crippen molar-refractivity contribution in [2.75, 3.05) is 53.4 Å². The van der Waals surface area contributed by atoms with Gasteiger partial charge >= 0.3 is 0 Å². The van der Waals surface area contributed by atoms with E-state index in [0.29, 0.717) is 0 Å². The summed E-state index contributed by atoms with van der Waals surface area (Å²) >= 11 is 0. The Morgan fingerprint density at radius 1 is 1.37 bits per heavy atom. The third-order valence-electron chi connectivity index (χ3n) is 5.16. The van der Waals surface area contributed by atoms with Crippen molar-refractivity contribution in [3.8, 4) is 0 Å². The van der Waals surface area contributed by atoms with E-state index in [-0.39, 0.29) is 0 Å². The Balaban J connectivity index is 1.61. The van der Waals surface area contributed by atoms with E-state index in [1.54, 1.807) is 0 Å². The van der Waals surface area contributed by atoms with Crippen LogP contribution in [0.1, 0.15) is 32.6 Å². The second kappa shape index (κ2) is 7.61. The Morgan fingerprint density at radius 2 is 2.21 bits per heavy atom. The van der Waals surface area contributed by atoms with Gasteiger partial charge in [-0.05, 0) is 83.7 Å². The van der Waals surface area contributed by atoms with E-state index in [9.17, 15) is 0 Å². The van der Waals surface area contributed by atoms with Gasteiger partial charge in [0.15, 0.2) is 0 Å². The first-order chi connectivity index (χ1) is 9.15. The molecule has 112 valence electrons. The molecule has 0 spiro atoms. The van der Waals surface area contributed by atoms with E-state index < -0.39 is 0 Å². The molecule has 2 heterocycles. The van der Waals surface area contributed by atoms with Crippen LogP contribution in [0.2, 0.25) is 0 Å². The highest BCUT2D eigenvalue weighted by Crippen LogP contribution is 2.23. The summed E-state index contributed by atoms with van der Waals surface area (Å²) < 4.78 is 0. The Kier molecular flexibility index (Phi) is 6.11. The van der Waals surface area contributed by atoms with E-state index in [1.807, 2.05) is 0 Å². The molecule has 1 N–H and O–H groups in total. The molecule has 0 aliphatic carbocycles. The molecule has 3 nitrogen and oxygen atoms in total. The number of rotatable bonds is 6. The van der Waals surface area contributed by atoms with Gasteiger partial charge in [-0.1, -0.05) is 6.92 Å². The highest BCUT2D eigenvalue weighted by molar-refractivity contribution is 4.77. The molecule has 0 aromatic carbocycles. The zero-order valence-electron chi connectivity index (χ0n) is 13.2. The highest BCUT2D eigenvalue weighted by Gasteiger charge is 2.22. The van der Waals surface area contributed by atoms with E-state index in [2.05, 4.69) is 36.1 Å². The number of likely N-dealkylation sites (tertiary alicyclic amines) is 1. The van der Waals surface area contributed by atoms with Crippen molar-refractivity contribution in [1.29, 1.82) is 0 Å². The Morgan fingerprint density at radius 3 is 2.84 bits per heavy atom. The molecule has 0 saturated carbocycles. The van der Waals surface area contributed by atoms with Crippen molar-refractivity contribution >= 4 is 0 Å². The van der Waals surface area contributed by atoms with Crippen LogP contribution in [-0.2, 0) is 0 Å². The smallest absolute Gasteiger partial charge is 0.00193 e. The summed E-state index contributed by atoms with van der Waals surface area (Å²) in [6, 6.07) is 0. The van der Waals surface area contributed by atoms with Crippen LogP contribution < -0.4 is 5.32 Å². The first-order valence-corrected chi connectivity index (χ1v) is 8.23. The molecule has 3 unspecified atom stereocenters. The van der Waals surface area contributed by atoms with E-state index in [0.717, 1.165) is 17.8 Å². The fourth-order valence-corrected chi connectivity index (χ4v) is 3.73. The fourth-order valence-electron chi connectivity index (χ4n) is 3.73. The van der Waals surface area contributed by atoms with Crippen LogP contribution in [0.4, 0.5) is 0 Å². The predicted molar refractivity (Wildman–Crippen MR) is 82.5 cm³/mol. The van der Waals surface area contributed by atoms with Crippen LogP contribution >= 0.6 is 0 Å². The average molecular weight is 267 g/mol. The first-order valence-electron chi connectivity index (χ1n) is 8.23. The van der Waals surface area contributed by atoms with Gasteiger partial charge in [0.1, 0.15) is 0 Å². The lowest BCUT2D eigenvalue weighted by atomic mass is 9.85. The largest absolute Gasteiger partial charge is 0.316 e. The average Bonchev–Trinajstić information content (AvgIpc) is 2.82. The van der Waals surface area contributed by atoms with Gasteiger partial charge in [0.25, 0.3) is 0 Å². The maximum Gasteiger partial charge on any atom is 0.00193 e. The molecule has 3 atom stereocenters. The van der Waals surface area contributed by atoms with Gasteiger partial charge in [-0.3, -0.25) is 0 Å². The highest BCUT2D eigenvalue weighted by atomic mass is 15.1. The Bertz CT molecular complexity index is 250. The summed E-state index contributed by atoms with van der Waals surface area (Å²) in [5.41, 5.74) is 0. The third kappa shape index (κ3) is 5.05. The second-order valence-corrected chi connectivity index (χ2v) is 7.05. The normalized spacial score (nSPS) is 30.9. The Labute approximate surface area is 119 Å². The van der Waals surface area contributed by atoms with Crippen molar-refractivity contribution < 1.29 is 0 Å². The van der Waals surface area contributed by atoms with Gasteiger partial charge in [0, 0.05) is 13.1 Å². The summed E-state index contributed by atoms with van der Waals surface area (Å²) in [7, 11) is 4.56. The summed E-state index contributed by atoms with van der Waals surface area (Å²) in [5, 5.41) is 3.55. The van der Waals surface area contributed by atoms with Crippen molar-refractivity contribution in [1.82, 2.24) is 15.1 Å². The predicted octanol–water partition coefficient (Wildman–Crippen LogP) is 1.90. The van der Waals surface area contributed by atoms with Gasteiger partial charge in [-0.25, -0.2) is 0 Å². The maximum absolute atomic E-state index is 3.55. The topological polar surface area (TPSA) is 18.5 Å². The van der Waals surface area contributed by atoms with Crippen LogP contribution in [-0.4, -0.2) is 63.2 Å². The molecule has 2 aliphatic rings. The van der Waals surface area contributed by atoms with Crippen molar-refractivity contribution in [2.45, 2.75) is 32.6 Å². The van der Waals surface area contributed by atoms with Gasteiger partial charge in [0.2, 0.25) is 0 Å². The SMILES string of the molecule is CC(CCN(C)CC1CCN(C)C1)C1CCCNC1. The standard InChI is InChI=1S/C16H33N3/c1-14(16-5-4-8-17-11-16)6-9-18(2)12-15-7-10-19(3)13-15/h14-17H,4-13H2,1-3H3. The molecule has 0 bridgehead atoms.